The predicted molar refractivity (Wildman–Crippen MR) is 84.3 cm³/mol. The minimum Gasteiger partial charge on any atom is -0.326 e. The minimum absolute atomic E-state index is 0.0178. The normalized spacial score (nSPS) is 11.7. The van der Waals surface area contributed by atoms with E-state index in [1.807, 2.05) is 12.1 Å². The van der Waals surface area contributed by atoms with E-state index in [-0.39, 0.29) is 11.6 Å². The summed E-state index contributed by atoms with van der Waals surface area (Å²) in [5.41, 5.74) is 1.27. The monoisotopic (exact) mass is 348 g/mol. The first-order valence-corrected chi connectivity index (χ1v) is 7.07. The van der Waals surface area contributed by atoms with Crippen LogP contribution in [0.3, 0.4) is 0 Å². The van der Waals surface area contributed by atoms with E-state index in [9.17, 15) is 14.9 Å². The van der Waals surface area contributed by atoms with E-state index in [1.54, 1.807) is 31.2 Å². The number of hydrogen-bond acceptors (Lipinski definition) is 3. The predicted octanol–water partition coefficient (Wildman–Crippen LogP) is 4.10. The Morgan fingerprint density at radius 1 is 1.24 bits per heavy atom. The summed E-state index contributed by atoms with van der Waals surface area (Å²) >= 11 is 3.32. The molecule has 0 saturated heterocycles. The maximum Gasteiger partial charge on any atom is 0.269 e. The lowest BCUT2D eigenvalue weighted by Crippen LogP contribution is -2.18. The molecule has 0 aliphatic heterocycles. The highest BCUT2D eigenvalue weighted by Gasteiger charge is 2.17. The fraction of sp³-hybridized carbons (Fsp3) is 0.133. The van der Waals surface area contributed by atoms with E-state index in [0.29, 0.717) is 11.3 Å². The fourth-order valence-corrected chi connectivity index (χ4v) is 2.11. The molecule has 1 unspecified atom stereocenters. The summed E-state index contributed by atoms with van der Waals surface area (Å²) in [6.45, 7) is 1.72. The highest BCUT2D eigenvalue weighted by Crippen LogP contribution is 2.22. The number of hydrogen-bond donors (Lipinski definition) is 1. The van der Waals surface area contributed by atoms with Crippen LogP contribution in [0.15, 0.2) is 53.0 Å². The van der Waals surface area contributed by atoms with Crippen molar-refractivity contribution >= 4 is 33.2 Å². The number of anilines is 1. The molecule has 1 amide bonds. The third-order valence-electron chi connectivity index (χ3n) is 3.09. The second-order valence-electron chi connectivity index (χ2n) is 4.57. The molecule has 0 aliphatic rings. The van der Waals surface area contributed by atoms with Gasteiger partial charge in [0.05, 0.1) is 10.8 Å². The molecule has 0 radical (unpaired) electrons. The number of nitrogens with zero attached hydrogens (tertiary/aromatic N) is 1. The second-order valence-corrected chi connectivity index (χ2v) is 5.49. The summed E-state index contributed by atoms with van der Waals surface area (Å²) in [5.74, 6) is -0.689. The van der Waals surface area contributed by atoms with Crippen molar-refractivity contribution in [1.29, 1.82) is 0 Å². The van der Waals surface area contributed by atoms with Gasteiger partial charge in [0, 0.05) is 22.3 Å². The van der Waals surface area contributed by atoms with Gasteiger partial charge in [-0.2, -0.15) is 0 Å². The molecule has 108 valence electrons. The first kappa shape index (κ1) is 15.2. The van der Waals surface area contributed by atoms with Gasteiger partial charge in [-0.3, -0.25) is 14.9 Å². The van der Waals surface area contributed by atoms with Gasteiger partial charge < -0.3 is 5.32 Å². The zero-order valence-electron chi connectivity index (χ0n) is 11.2. The zero-order chi connectivity index (χ0) is 15.4. The van der Waals surface area contributed by atoms with Gasteiger partial charge in [-0.1, -0.05) is 28.1 Å². The topological polar surface area (TPSA) is 72.2 Å². The zero-order valence-corrected chi connectivity index (χ0v) is 12.8. The molecule has 0 fully saturated rings. The van der Waals surface area contributed by atoms with Crippen molar-refractivity contribution in [2.75, 3.05) is 5.32 Å². The molecule has 1 N–H and O–H groups in total. The van der Waals surface area contributed by atoms with Crippen LogP contribution in [0.4, 0.5) is 11.4 Å². The Bertz CT molecular complexity index is 671. The number of rotatable bonds is 4. The van der Waals surface area contributed by atoms with E-state index in [4.69, 9.17) is 0 Å². The number of non-ortho nitro benzene ring substituents is 1. The molecule has 0 saturated carbocycles. The number of nitrogens with one attached hydrogen (secondary N) is 1. The molecule has 0 spiro atoms. The van der Waals surface area contributed by atoms with Crippen LogP contribution in [-0.2, 0) is 4.79 Å². The largest absolute Gasteiger partial charge is 0.326 e. The average Bonchev–Trinajstić information content (AvgIpc) is 2.49. The van der Waals surface area contributed by atoms with E-state index >= 15 is 0 Å². The van der Waals surface area contributed by atoms with E-state index in [1.165, 1.54) is 12.1 Å². The number of amides is 1. The van der Waals surface area contributed by atoms with Crippen molar-refractivity contribution in [2.45, 2.75) is 12.8 Å². The smallest absolute Gasteiger partial charge is 0.269 e. The maximum atomic E-state index is 12.2. The quantitative estimate of drug-likeness (QED) is 0.667. The first-order chi connectivity index (χ1) is 9.97. The lowest BCUT2D eigenvalue weighted by molar-refractivity contribution is -0.384. The Labute approximate surface area is 130 Å². The number of benzene rings is 2. The summed E-state index contributed by atoms with van der Waals surface area (Å²) < 4.78 is 0.923. The molecular formula is C15H13BrN2O3. The molecule has 0 heterocycles. The minimum atomic E-state index is -0.478. The first-order valence-electron chi connectivity index (χ1n) is 6.28. The van der Waals surface area contributed by atoms with Gasteiger partial charge in [-0.15, -0.1) is 0 Å². The molecule has 21 heavy (non-hydrogen) atoms. The van der Waals surface area contributed by atoms with Gasteiger partial charge in [0.2, 0.25) is 5.91 Å². The summed E-state index contributed by atoms with van der Waals surface area (Å²) in [6, 6.07) is 13.3. The molecule has 0 bridgehead atoms. The number of nitro groups is 1. The highest BCUT2D eigenvalue weighted by molar-refractivity contribution is 9.10. The van der Waals surface area contributed by atoms with E-state index in [2.05, 4.69) is 21.2 Å². The van der Waals surface area contributed by atoms with Crippen LogP contribution in [0, 0.1) is 10.1 Å². The van der Waals surface area contributed by atoms with Crippen molar-refractivity contribution < 1.29 is 9.72 Å². The molecule has 0 aromatic heterocycles. The lowest BCUT2D eigenvalue weighted by atomic mass is 10.00. The van der Waals surface area contributed by atoms with Gasteiger partial charge in [0.15, 0.2) is 0 Å². The van der Waals surface area contributed by atoms with Crippen LogP contribution in [0.1, 0.15) is 18.4 Å². The number of halogens is 1. The van der Waals surface area contributed by atoms with Gasteiger partial charge in [0.25, 0.3) is 5.69 Å². The summed E-state index contributed by atoms with van der Waals surface area (Å²) in [4.78, 5) is 22.5. The number of carbonyl (C=O) groups excluding carboxylic acids is 1. The van der Waals surface area contributed by atoms with Crippen LogP contribution in [0.5, 0.6) is 0 Å². The second kappa shape index (κ2) is 6.49. The van der Waals surface area contributed by atoms with Gasteiger partial charge >= 0.3 is 0 Å². The Balaban J connectivity index is 2.13. The van der Waals surface area contributed by atoms with Crippen molar-refractivity contribution in [3.05, 3.63) is 68.7 Å². The standard InChI is InChI=1S/C15H13BrN2O3/c1-10(11-3-2-4-14(9-11)18(20)21)15(19)17-13-7-5-12(16)6-8-13/h2-10H,1H3,(H,17,19). The molecule has 1 atom stereocenters. The summed E-state index contributed by atoms with van der Waals surface area (Å²) in [7, 11) is 0. The van der Waals surface area contributed by atoms with Crippen LogP contribution < -0.4 is 5.32 Å². The van der Waals surface area contributed by atoms with Gasteiger partial charge in [-0.05, 0) is 36.8 Å². The Hall–Kier alpha value is -2.21. The van der Waals surface area contributed by atoms with Crippen molar-refractivity contribution in [1.82, 2.24) is 0 Å². The third kappa shape index (κ3) is 3.88. The Morgan fingerprint density at radius 2 is 1.90 bits per heavy atom. The fourth-order valence-electron chi connectivity index (χ4n) is 1.84. The number of nitro benzene ring substituents is 1. The van der Waals surface area contributed by atoms with Crippen molar-refractivity contribution in [2.24, 2.45) is 0 Å². The Kier molecular flexibility index (Phi) is 4.70. The molecule has 5 nitrogen and oxygen atoms in total. The van der Waals surface area contributed by atoms with Crippen molar-refractivity contribution in [3.63, 3.8) is 0 Å². The maximum absolute atomic E-state index is 12.2. The van der Waals surface area contributed by atoms with Crippen LogP contribution in [-0.4, -0.2) is 10.8 Å². The summed E-state index contributed by atoms with van der Waals surface area (Å²) in [5, 5.41) is 13.6. The molecule has 0 aliphatic carbocycles. The van der Waals surface area contributed by atoms with Crippen molar-refractivity contribution in [3.8, 4) is 0 Å². The van der Waals surface area contributed by atoms with Gasteiger partial charge in [-0.25, -0.2) is 0 Å². The molecule has 2 aromatic carbocycles. The molecular weight excluding hydrogens is 336 g/mol. The molecule has 2 rings (SSSR count). The van der Waals surface area contributed by atoms with Crippen LogP contribution in [0.25, 0.3) is 0 Å². The number of carbonyl (C=O) groups is 1. The molecule has 6 heteroatoms. The van der Waals surface area contributed by atoms with E-state index in [0.717, 1.165) is 4.47 Å². The lowest BCUT2D eigenvalue weighted by Gasteiger charge is -2.12. The highest BCUT2D eigenvalue weighted by atomic mass is 79.9. The average molecular weight is 349 g/mol. The molecule has 2 aromatic rings. The SMILES string of the molecule is CC(C(=O)Nc1ccc(Br)cc1)c1cccc([N+](=O)[O-])c1. The van der Waals surface area contributed by atoms with Crippen LogP contribution >= 0.6 is 15.9 Å². The summed E-state index contributed by atoms with van der Waals surface area (Å²) in [6.07, 6.45) is 0. The van der Waals surface area contributed by atoms with Crippen LogP contribution in [0.2, 0.25) is 0 Å². The van der Waals surface area contributed by atoms with E-state index < -0.39 is 10.8 Å². The third-order valence-corrected chi connectivity index (χ3v) is 3.61. The Morgan fingerprint density at radius 3 is 2.52 bits per heavy atom. The van der Waals surface area contributed by atoms with Gasteiger partial charge in [0.1, 0.15) is 0 Å².